The van der Waals surface area contributed by atoms with E-state index in [0.717, 1.165) is 22.3 Å². The quantitative estimate of drug-likeness (QED) is 0.795. The number of halogens is 1. The van der Waals surface area contributed by atoms with Gasteiger partial charge in [0.2, 0.25) is 0 Å². The van der Waals surface area contributed by atoms with Crippen LogP contribution in [-0.2, 0) is 16.0 Å². The first kappa shape index (κ1) is 16.4. The molecule has 0 saturated carbocycles. The van der Waals surface area contributed by atoms with Gasteiger partial charge in [0.25, 0.3) is 0 Å². The predicted octanol–water partition coefficient (Wildman–Crippen LogP) is 2.40. The van der Waals surface area contributed by atoms with Crippen molar-refractivity contribution in [3.63, 3.8) is 0 Å². The van der Waals surface area contributed by atoms with E-state index in [1.54, 1.807) is 14.2 Å². The van der Waals surface area contributed by atoms with Gasteiger partial charge in [0.15, 0.2) is 0 Å². The van der Waals surface area contributed by atoms with Crippen molar-refractivity contribution in [2.24, 2.45) is 5.73 Å². The summed E-state index contributed by atoms with van der Waals surface area (Å²) in [5, 5.41) is 0. The molecule has 0 radical (unpaired) electrons. The second-order valence-electron chi connectivity index (χ2n) is 4.43. The SMILES string of the molecule is COCCN(c1cccc(Br)c1CN)C(C)COC. The summed E-state index contributed by atoms with van der Waals surface area (Å²) in [6, 6.07) is 6.40. The van der Waals surface area contributed by atoms with Gasteiger partial charge in [0.05, 0.1) is 13.2 Å². The van der Waals surface area contributed by atoms with Crippen LogP contribution in [0.3, 0.4) is 0 Å². The molecule has 1 aromatic rings. The summed E-state index contributed by atoms with van der Waals surface area (Å²) in [5.41, 5.74) is 8.12. The lowest BCUT2D eigenvalue weighted by molar-refractivity contribution is 0.171. The average Bonchev–Trinajstić information content (AvgIpc) is 2.39. The minimum Gasteiger partial charge on any atom is -0.383 e. The second kappa shape index (κ2) is 8.53. The summed E-state index contributed by atoms with van der Waals surface area (Å²) in [5.74, 6) is 0. The lowest BCUT2D eigenvalue weighted by atomic mass is 10.1. The summed E-state index contributed by atoms with van der Waals surface area (Å²) in [6.07, 6.45) is 0. The Balaban J connectivity index is 3.05. The maximum atomic E-state index is 5.87. The third kappa shape index (κ3) is 4.45. The normalized spacial score (nSPS) is 12.5. The maximum Gasteiger partial charge on any atom is 0.0663 e. The zero-order valence-electron chi connectivity index (χ0n) is 11.9. The van der Waals surface area contributed by atoms with E-state index >= 15 is 0 Å². The van der Waals surface area contributed by atoms with E-state index in [1.165, 1.54) is 0 Å². The number of nitrogens with zero attached hydrogens (tertiary/aromatic N) is 1. The number of benzene rings is 1. The first-order valence-corrected chi connectivity index (χ1v) is 7.17. The van der Waals surface area contributed by atoms with Gasteiger partial charge in [0.1, 0.15) is 0 Å². The van der Waals surface area contributed by atoms with Gasteiger partial charge in [-0.1, -0.05) is 22.0 Å². The summed E-state index contributed by atoms with van der Waals surface area (Å²) in [6.45, 7) is 4.79. The Kier molecular flexibility index (Phi) is 7.38. The number of hydrogen-bond donors (Lipinski definition) is 1. The Morgan fingerprint density at radius 1 is 1.32 bits per heavy atom. The molecule has 1 aromatic carbocycles. The van der Waals surface area contributed by atoms with E-state index in [0.29, 0.717) is 19.8 Å². The third-order valence-corrected chi connectivity index (χ3v) is 3.83. The van der Waals surface area contributed by atoms with Crippen LogP contribution in [0.25, 0.3) is 0 Å². The van der Waals surface area contributed by atoms with Crippen molar-refractivity contribution in [2.45, 2.75) is 19.5 Å². The molecule has 0 aliphatic rings. The number of ether oxygens (including phenoxy) is 2. The molecule has 0 bridgehead atoms. The van der Waals surface area contributed by atoms with Crippen LogP contribution < -0.4 is 10.6 Å². The first-order valence-electron chi connectivity index (χ1n) is 6.37. The van der Waals surface area contributed by atoms with E-state index in [2.05, 4.69) is 33.8 Å². The highest BCUT2D eigenvalue weighted by Crippen LogP contribution is 2.28. The van der Waals surface area contributed by atoms with Gasteiger partial charge >= 0.3 is 0 Å². The molecule has 2 N–H and O–H groups in total. The van der Waals surface area contributed by atoms with Crippen molar-refractivity contribution in [1.82, 2.24) is 0 Å². The zero-order valence-corrected chi connectivity index (χ0v) is 13.4. The van der Waals surface area contributed by atoms with Crippen molar-refractivity contribution >= 4 is 21.6 Å². The highest BCUT2D eigenvalue weighted by Gasteiger charge is 2.18. The number of anilines is 1. The number of nitrogens with two attached hydrogens (primary N) is 1. The third-order valence-electron chi connectivity index (χ3n) is 3.08. The zero-order chi connectivity index (χ0) is 14.3. The van der Waals surface area contributed by atoms with Crippen LogP contribution in [0.1, 0.15) is 12.5 Å². The standard InChI is InChI=1S/C14H23BrN2O2/c1-11(10-19-3)17(7-8-18-2)14-6-4-5-13(15)12(14)9-16/h4-6,11H,7-10,16H2,1-3H3. The van der Waals surface area contributed by atoms with Crippen molar-refractivity contribution < 1.29 is 9.47 Å². The topological polar surface area (TPSA) is 47.7 Å². The van der Waals surface area contributed by atoms with Crippen molar-refractivity contribution in [3.05, 3.63) is 28.2 Å². The summed E-state index contributed by atoms with van der Waals surface area (Å²) in [7, 11) is 3.43. The van der Waals surface area contributed by atoms with Crippen LogP contribution in [0, 0.1) is 0 Å². The minimum atomic E-state index is 0.264. The summed E-state index contributed by atoms with van der Waals surface area (Å²) < 4.78 is 11.5. The van der Waals surface area contributed by atoms with E-state index in [4.69, 9.17) is 15.2 Å². The summed E-state index contributed by atoms with van der Waals surface area (Å²) in [4.78, 5) is 2.28. The lowest BCUT2D eigenvalue weighted by Crippen LogP contribution is -2.39. The minimum absolute atomic E-state index is 0.264. The van der Waals surface area contributed by atoms with E-state index < -0.39 is 0 Å². The molecule has 0 aliphatic heterocycles. The molecule has 0 aliphatic carbocycles. The number of rotatable bonds is 8. The van der Waals surface area contributed by atoms with Gasteiger partial charge in [-0.25, -0.2) is 0 Å². The van der Waals surface area contributed by atoms with Crippen LogP contribution in [-0.4, -0.2) is 40.0 Å². The Morgan fingerprint density at radius 2 is 2.05 bits per heavy atom. The van der Waals surface area contributed by atoms with Crippen LogP contribution in [0.2, 0.25) is 0 Å². The monoisotopic (exact) mass is 330 g/mol. The molecule has 0 spiro atoms. The van der Waals surface area contributed by atoms with Gasteiger partial charge in [-0.3, -0.25) is 0 Å². The van der Waals surface area contributed by atoms with Crippen LogP contribution in [0.5, 0.6) is 0 Å². The Hall–Kier alpha value is -0.620. The number of hydrogen-bond acceptors (Lipinski definition) is 4. The molecule has 19 heavy (non-hydrogen) atoms. The Morgan fingerprint density at radius 3 is 2.63 bits per heavy atom. The van der Waals surface area contributed by atoms with Crippen molar-refractivity contribution in [2.75, 3.05) is 38.9 Å². The smallest absolute Gasteiger partial charge is 0.0663 e. The Labute approximate surface area is 124 Å². The number of methoxy groups -OCH3 is 2. The van der Waals surface area contributed by atoms with Crippen LogP contribution in [0.15, 0.2) is 22.7 Å². The molecule has 1 rings (SSSR count). The highest BCUT2D eigenvalue weighted by molar-refractivity contribution is 9.10. The summed E-state index contributed by atoms with van der Waals surface area (Å²) >= 11 is 3.56. The Bertz CT molecular complexity index is 388. The highest BCUT2D eigenvalue weighted by atomic mass is 79.9. The van der Waals surface area contributed by atoms with Gasteiger partial charge in [-0.05, 0) is 19.1 Å². The molecule has 1 atom stereocenters. The molecular formula is C14H23BrN2O2. The maximum absolute atomic E-state index is 5.87. The van der Waals surface area contributed by atoms with Crippen molar-refractivity contribution in [3.8, 4) is 0 Å². The first-order chi connectivity index (χ1) is 9.15. The molecule has 0 fully saturated rings. The van der Waals surface area contributed by atoms with Gasteiger partial charge < -0.3 is 20.1 Å². The van der Waals surface area contributed by atoms with Crippen LogP contribution in [0.4, 0.5) is 5.69 Å². The molecule has 0 saturated heterocycles. The fourth-order valence-electron chi connectivity index (χ4n) is 2.12. The molecule has 0 heterocycles. The van der Waals surface area contributed by atoms with Gasteiger partial charge in [-0.15, -0.1) is 0 Å². The molecular weight excluding hydrogens is 308 g/mol. The average molecular weight is 331 g/mol. The van der Waals surface area contributed by atoms with E-state index in [1.807, 2.05) is 12.1 Å². The fraction of sp³-hybridized carbons (Fsp3) is 0.571. The fourth-order valence-corrected chi connectivity index (χ4v) is 2.64. The second-order valence-corrected chi connectivity index (χ2v) is 5.29. The van der Waals surface area contributed by atoms with Crippen LogP contribution >= 0.6 is 15.9 Å². The molecule has 0 aromatic heterocycles. The van der Waals surface area contributed by atoms with E-state index in [9.17, 15) is 0 Å². The molecule has 1 unspecified atom stereocenters. The van der Waals surface area contributed by atoms with Gasteiger partial charge in [0, 0.05) is 49.1 Å². The molecule has 0 amide bonds. The van der Waals surface area contributed by atoms with E-state index in [-0.39, 0.29) is 6.04 Å². The van der Waals surface area contributed by atoms with Gasteiger partial charge in [-0.2, -0.15) is 0 Å². The molecule has 5 heteroatoms. The molecule has 4 nitrogen and oxygen atoms in total. The largest absolute Gasteiger partial charge is 0.383 e. The van der Waals surface area contributed by atoms with Crippen molar-refractivity contribution in [1.29, 1.82) is 0 Å². The predicted molar refractivity (Wildman–Crippen MR) is 82.6 cm³/mol. The molecule has 108 valence electrons. The lowest BCUT2D eigenvalue weighted by Gasteiger charge is -2.32.